The van der Waals surface area contributed by atoms with Gasteiger partial charge in [0.1, 0.15) is 18.1 Å². The summed E-state index contributed by atoms with van der Waals surface area (Å²) in [5, 5.41) is 12.4. The van der Waals surface area contributed by atoms with Gasteiger partial charge in [0.15, 0.2) is 0 Å². The largest absolute Gasteiger partial charge is 0.507 e. The third kappa shape index (κ3) is 4.18. The van der Waals surface area contributed by atoms with Gasteiger partial charge < -0.3 is 15.2 Å². The maximum atomic E-state index is 12.0. The number of phenolic OH excluding ortho intramolecular Hbond substituents is 1. The van der Waals surface area contributed by atoms with E-state index >= 15 is 0 Å². The first-order valence-electron chi connectivity index (χ1n) is 8.09. The number of benzene rings is 3. The van der Waals surface area contributed by atoms with Crippen LogP contribution in [0.2, 0.25) is 0 Å². The third-order valence-corrected chi connectivity index (χ3v) is 3.77. The second-order valence-corrected chi connectivity index (χ2v) is 5.48. The molecule has 4 nitrogen and oxygen atoms in total. The highest BCUT2D eigenvalue weighted by atomic mass is 16.5. The normalized spacial score (nSPS) is 10.2. The van der Waals surface area contributed by atoms with E-state index in [2.05, 4.69) is 5.32 Å². The van der Waals surface area contributed by atoms with E-state index in [1.54, 1.807) is 18.2 Å². The minimum Gasteiger partial charge on any atom is -0.507 e. The highest BCUT2D eigenvalue weighted by Crippen LogP contribution is 2.29. The van der Waals surface area contributed by atoms with Crippen molar-refractivity contribution in [1.29, 1.82) is 0 Å². The van der Waals surface area contributed by atoms with Gasteiger partial charge in [0, 0.05) is 5.56 Å². The lowest BCUT2D eigenvalue weighted by Gasteiger charge is -2.12. The van der Waals surface area contributed by atoms with Gasteiger partial charge in [-0.1, -0.05) is 60.7 Å². The average molecular weight is 333 g/mol. The molecule has 0 aliphatic heterocycles. The van der Waals surface area contributed by atoms with Crippen molar-refractivity contribution in [2.75, 3.05) is 13.2 Å². The number of phenols is 1. The monoisotopic (exact) mass is 333 g/mol. The Kier molecular flexibility index (Phi) is 5.32. The first kappa shape index (κ1) is 16.6. The number of hydrogen-bond acceptors (Lipinski definition) is 3. The molecule has 0 aliphatic rings. The molecule has 126 valence electrons. The molecule has 0 saturated heterocycles. The second-order valence-electron chi connectivity index (χ2n) is 5.48. The Morgan fingerprint density at radius 1 is 0.880 bits per heavy atom. The molecule has 3 rings (SSSR count). The number of hydrogen-bond donors (Lipinski definition) is 2. The van der Waals surface area contributed by atoms with Crippen LogP contribution in [0.1, 0.15) is 10.4 Å². The number of carbonyl (C=O) groups excluding carboxylic acids is 1. The second kappa shape index (κ2) is 8.02. The lowest BCUT2D eigenvalue weighted by Crippen LogP contribution is -2.28. The van der Waals surface area contributed by atoms with Crippen molar-refractivity contribution < 1.29 is 14.6 Å². The summed E-state index contributed by atoms with van der Waals surface area (Å²) < 4.78 is 5.83. The molecular formula is C21H19NO3. The molecule has 0 atom stereocenters. The summed E-state index contributed by atoms with van der Waals surface area (Å²) in [6.07, 6.45) is 0. The van der Waals surface area contributed by atoms with Crippen LogP contribution in [0, 0.1) is 0 Å². The van der Waals surface area contributed by atoms with E-state index in [4.69, 9.17) is 4.74 Å². The van der Waals surface area contributed by atoms with E-state index in [-0.39, 0.29) is 17.2 Å². The lowest BCUT2D eigenvalue weighted by atomic mass is 10.1. The fraction of sp³-hybridized carbons (Fsp3) is 0.0952. The van der Waals surface area contributed by atoms with Crippen LogP contribution in [0.15, 0.2) is 78.9 Å². The van der Waals surface area contributed by atoms with Crippen molar-refractivity contribution >= 4 is 5.91 Å². The van der Waals surface area contributed by atoms with Gasteiger partial charge in [-0.3, -0.25) is 4.79 Å². The number of rotatable bonds is 6. The minimum atomic E-state index is -0.321. The van der Waals surface area contributed by atoms with Crippen LogP contribution in [0.3, 0.4) is 0 Å². The first-order valence-corrected chi connectivity index (χ1v) is 8.09. The zero-order chi connectivity index (χ0) is 17.5. The number of nitrogens with one attached hydrogen (secondary N) is 1. The molecule has 25 heavy (non-hydrogen) atoms. The van der Waals surface area contributed by atoms with Gasteiger partial charge in [-0.15, -0.1) is 0 Å². The van der Waals surface area contributed by atoms with Crippen LogP contribution in [0.25, 0.3) is 11.1 Å². The van der Waals surface area contributed by atoms with Crippen LogP contribution < -0.4 is 10.1 Å². The van der Waals surface area contributed by atoms with Crippen molar-refractivity contribution in [2.45, 2.75) is 0 Å². The molecule has 0 saturated carbocycles. The van der Waals surface area contributed by atoms with Crippen LogP contribution in [-0.2, 0) is 0 Å². The van der Waals surface area contributed by atoms with Crippen LogP contribution in [0.4, 0.5) is 0 Å². The van der Waals surface area contributed by atoms with Crippen LogP contribution in [0.5, 0.6) is 11.5 Å². The summed E-state index contributed by atoms with van der Waals surface area (Å²) in [5.41, 5.74) is 2.35. The van der Waals surface area contributed by atoms with Crippen molar-refractivity contribution in [1.82, 2.24) is 5.32 Å². The Morgan fingerprint density at radius 3 is 2.36 bits per heavy atom. The predicted molar refractivity (Wildman–Crippen MR) is 97.8 cm³/mol. The maximum Gasteiger partial charge on any atom is 0.255 e. The number of ether oxygens (including phenoxy) is 1. The molecule has 3 aromatic rings. The predicted octanol–water partition coefficient (Wildman–Crippen LogP) is 3.87. The zero-order valence-corrected chi connectivity index (χ0v) is 13.7. The Hall–Kier alpha value is -3.27. The molecule has 0 aromatic heterocycles. The van der Waals surface area contributed by atoms with Gasteiger partial charge in [0.25, 0.3) is 5.91 Å². The fourth-order valence-electron chi connectivity index (χ4n) is 2.54. The Balaban J connectivity index is 1.58. The maximum absolute atomic E-state index is 12.0. The van der Waals surface area contributed by atoms with Crippen molar-refractivity contribution in [2.24, 2.45) is 0 Å². The minimum absolute atomic E-state index is 0.0321. The van der Waals surface area contributed by atoms with E-state index < -0.39 is 0 Å². The molecule has 4 heteroatoms. The molecule has 0 heterocycles. The molecule has 0 aliphatic carbocycles. The van der Waals surface area contributed by atoms with E-state index in [9.17, 15) is 9.90 Å². The van der Waals surface area contributed by atoms with Crippen molar-refractivity contribution in [3.05, 3.63) is 84.4 Å². The summed E-state index contributed by atoms with van der Waals surface area (Å²) >= 11 is 0. The third-order valence-electron chi connectivity index (χ3n) is 3.77. The Bertz CT molecular complexity index is 847. The van der Waals surface area contributed by atoms with Crippen LogP contribution >= 0.6 is 0 Å². The molecule has 2 N–H and O–H groups in total. The Labute approximate surface area is 146 Å². The van der Waals surface area contributed by atoms with E-state index in [0.717, 1.165) is 16.9 Å². The van der Waals surface area contributed by atoms with E-state index in [1.165, 1.54) is 6.07 Å². The highest BCUT2D eigenvalue weighted by Gasteiger charge is 2.10. The molecule has 0 unspecified atom stereocenters. The van der Waals surface area contributed by atoms with Crippen molar-refractivity contribution in [3.8, 4) is 22.6 Å². The smallest absolute Gasteiger partial charge is 0.255 e. The van der Waals surface area contributed by atoms with Gasteiger partial charge in [0.2, 0.25) is 0 Å². The molecule has 0 radical (unpaired) electrons. The zero-order valence-electron chi connectivity index (χ0n) is 13.7. The van der Waals surface area contributed by atoms with Crippen LogP contribution in [-0.4, -0.2) is 24.2 Å². The lowest BCUT2D eigenvalue weighted by molar-refractivity contribution is 0.0944. The average Bonchev–Trinajstić information content (AvgIpc) is 2.66. The molecule has 3 aromatic carbocycles. The standard InChI is InChI=1S/C21H19NO3/c23-19-12-6-4-11-18(19)21(24)22-14-15-25-20-13-7-5-10-17(20)16-8-2-1-3-9-16/h1-13,23H,14-15H2,(H,22,24). The Morgan fingerprint density at radius 2 is 1.56 bits per heavy atom. The summed E-state index contributed by atoms with van der Waals surface area (Å²) in [4.78, 5) is 12.0. The topological polar surface area (TPSA) is 58.6 Å². The van der Waals surface area contributed by atoms with Crippen molar-refractivity contribution in [3.63, 3.8) is 0 Å². The molecule has 0 spiro atoms. The highest BCUT2D eigenvalue weighted by molar-refractivity contribution is 5.96. The summed E-state index contributed by atoms with van der Waals surface area (Å²) in [6.45, 7) is 0.680. The molecule has 0 fully saturated rings. The molecule has 0 bridgehead atoms. The van der Waals surface area contributed by atoms with E-state index in [0.29, 0.717) is 13.2 Å². The summed E-state index contributed by atoms with van der Waals surface area (Å²) in [5.74, 6) is 0.416. The molecular weight excluding hydrogens is 314 g/mol. The number of carbonyl (C=O) groups is 1. The summed E-state index contributed by atoms with van der Waals surface area (Å²) in [7, 11) is 0. The number of aromatic hydroxyl groups is 1. The van der Waals surface area contributed by atoms with Gasteiger partial charge in [-0.05, 0) is 23.8 Å². The number of para-hydroxylation sites is 2. The van der Waals surface area contributed by atoms with Gasteiger partial charge in [0.05, 0.1) is 12.1 Å². The fourth-order valence-corrected chi connectivity index (χ4v) is 2.54. The van der Waals surface area contributed by atoms with E-state index in [1.807, 2.05) is 54.6 Å². The van der Waals surface area contributed by atoms with Gasteiger partial charge >= 0.3 is 0 Å². The molecule has 1 amide bonds. The first-order chi connectivity index (χ1) is 12.3. The van der Waals surface area contributed by atoms with Gasteiger partial charge in [-0.2, -0.15) is 0 Å². The number of amides is 1. The summed E-state index contributed by atoms with van der Waals surface area (Å²) in [6, 6.07) is 24.3. The quantitative estimate of drug-likeness (QED) is 0.673. The SMILES string of the molecule is O=C(NCCOc1ccccc1-c1ccccc1)c1ccccc1O. The van der Waals surface area contributed by atoms with Gasteiger partial charge in [-0.25, -0.2) is 0 Å².